The normalized spacial score (nSPS) is 26.7. The van der Waals surface area contributed by atoms with Gasteiger partial charge in [-0.1, -0.05) is 57.9 Å². The van der Waals surface area contributed by atoms with Crippen LogP contribution in [0.15, 0.2) is 24.3 Å². The Morgan fingerprint density at radius 1 is 0.767 bits per heavy atom. The van der Waals surface area contributed by atoms with Gasteiger partial charge < -0.3 is 0 Å². The molecular formula is C27H35F3. The van der Waals surface area contributed by atoms with Crippen LogP contribution in [-0.2, 0) is 0 Å². The topological polar surface area (TPSA) is 0 Å². The van der Waals surface area contributed by atoms with Crippen molar-refractivity contribution in [2.75, 3.05) is 0 Å². The van der Waals surface area contributed by atoms with Crippen molar-refractivity contribution >= 4 is 10.8 Å². The maximum atomic E-state index is 14.6. The molecule has 2 aliphatic carbocycles. The van der Waals surface area contributed by atoms with Crippen molar-refractivity contribution < 1.29 is 13.2 Å². The zero-order valence-electron chi connectivity index (χ0n) is 18.2. The van der Waals surface area contributed by atoms with E-state index in [9.17, 15) is 13.2 Å². The molecule has 164 valence electrons. The van der Waals surface area contributed by atoms with Gasteiger partial charge in [0.15, 0.2) is 0 Å². The predicted molar refractivity (Wildman–Crippen MR) is 118 cm³/mol. The molecule has 0 spiro atoms. The summed E-state index contributed by atoms with van der Waals surface area (Å²) in [6, 6.07) is 5.33. The van der Waals surface area contributed by atoms with Crippen LogP contribution < -0.4 is 0 Å². The van der Waals surface area contributed by atoms with Crippen molar-refractivity contribution in [2.45, 2.75) is 89.9 Å². The van der Waals surface area contributed by atoms with Crippen LogP contribution in [0.25, 0.3) is 10.8 Å². The SMILES string of the molecule is CCCCCCCC1CCC2CC(c3cc(F)c4c(F)cc(F)cc4c3)CCC2C1. The lowest BCUT2D eigenvalue weighted by molar-refractivity contribution is 0.113. The largest absolute Gasteiger partial charge is 0.207 e. The van der Waals surface area contributed by atoms with Gasteiger partial charge in [0, 0.05) is 6.07 Å². The van der Waals surface area contributed by atoms with Crippen LogP contribution in [-0.4, -0.2) is 0 Å². The fraction of sp³-hybridized carbons (Fsp3) is 0.630. The highest BCUT2D eigenvalue weighted by molar-refractivity contribution is 5.84. The van der Waals surface area contributed by atoms with Gasteiger partial charge in [-0.05, 0) is 78.9 Å². The second-order valence-corrected chi connectivity index (χ2v) is 9.90. The molecule has 2 aromatic rings. The first kappa shape index (κ1) is 21.7. The Hall–Kier alpha value is -1.51. The van der Waals surface area contributed by atoms with Crippen molar-refractivity contribution in [1.82, 2.24) is 0 Å². The van der Waals surface area contributed by atoms with E-state index in [4.69, 9.17) is 0 Å². The van der Waals surface area contributed by atoms with E-state index in [0.717, 1.165) is 42.2 Å². The number of unbranched alkanes of at least 4 members (excludes halogenated alkanes) is 4. The quantitative estimate of drug-likeness (QED) is 0.395. The van der Waals surface area contributed by atoms with Crippen LogP contribution >= 0.6 is 0 Å². The fourth-order valence-electron chi connectivity index (χ4n) is 6.22. The summed E-state index contributed by atoms with van der Waals surface area (Å²) in [5, 5.41) is 0.254. The molecule has 0 amide bonds. The molecule has 4 rings (SSSR count). The number of benzene rings is 2. The Bertz CT molecular complexity index is 859. The average molecular weight is 417 g/mol. The van der Waals surface area contributed by atoms with Gasteiger partial charge >= 0.3 is 0 Å². The molecule has 2 aliphatic rings. The van der Waals surface area contributed by atoms with E-state index in [1.807, 2.05) is 6.07 Å². The van der Waals surface area contributed by atoms with Crippen LogP contribution in [0.4, 0.5) is 13.2 Å². The third-order valence-electron chi connectivity index (χ3n) is 7.85. The molecule has 0 aliphatic heterocycles. The second kappa shape index (κ2) is 9.75. The van der Waals surface area contributed by atoms with Crippen LogP contribution in [0.2, 0.25) is 0 Å². The monoisotopic (exact) mass is 416 g/mol. The molecule has 0 aromatic heterocycles. The van der Waals surface area contributed by atoms with Gasteiger partial charge in [0.05, 0.1) is 5.39 Å². The number of hydrogen-bond acceptors (Lipinski definition) is 0. The van der Waals surface area contributed by atoms with E-state index in [1.165, 1.54) is 76.3 Å². The maximum Gasteiger partial charge on any atom is 0.136 e. The molecule has 4 atom stereocenters. The Morgan fingerprint density at radius 2 is 1.50 bits per heavy atom. The first-order chi connectivity index (χ1) is 14.5. The lowest BCUT2D eigenvalue weighted by Crippen LogP contribution is -2.30. The number of hydrogen-bond donors (Lipinski definition) is 0. The summed E-state index contributed by atoms with van der Waals surface area (Å²) >= 11 is 0. The third kappa shape index (κ3) is 4.86. The first-order valence-corrected chi connectivity index (χ1v) is 12.1. The molecule has 0 heterocycles. The molecule has 3 heteroatoms. The Kier molecular flexibility index (Phi) is 7.05. The second-order valence-electron chi connectivity index (χ2n) is 9.90. The average Bonchev–Trinajstić information content (AvgIpc) is 2.72. The minimum atomic E-state index is -0.814. The van der Waals surface area contributed by atoms with Gasteiger partial charge in [0.25, 0.3) is 0 Å². The van der Waals surface area contributed by atoms with Gasteiger partial charge in [0.2, 0.25) is 0 Å². The minimum Gasteiger partial charge on any atom is -0.207 e. The summed E-state index contributed by atoms with van der Waals surface area (Å²) in [6.45, 7) is 2.26. The van der Waals surface area contributed by atoms with Gasteiger partial charge in [-0.25, -0.2) is 13.2 Å². The van der Waals surface area contributed by atoms with Crippen LogP contribution in [0.1, 0.15) is 95.5 Å². The van der Waals surface area contributed by atoms with Crippen molar-refractivity contribution in [2.24, 2.45) is 17.8 Å². The molecule has 0 nitrogen and oxygen atoms in total. The highest BCUT2D eigenvalue weighted by atomic mass is 19.1. The lowest BCUT2D eigenvalue weighted by Gasteiger charge is -2.42. The summed E-state index contributed by atoms with van der Waals surface area (Å²) in [4.78, 5) is 0. The highest BCUT2D eigenvalue weighted by Gasteiger charge is 2.36. The lowest BCUT2D eigenvalue weighted by atomic mass is 9.63. The molecule has 30 heavy (non-hydrogen) atoms. The van der Waals surface area contributed by atoms with Crippen molar-refractivity contribution in [3.8, 4) is 0 Å². The van der Waals surface area contributed by atoms with E-state index in [1.54, 1.807) is 0 Å². The van der Waals surface area contributed by atoms with Gasteiger partial charge in [-0.3, -0.25) is 0 Å². The molecule has 0 radical (unpaired) electrons. The molecule has 2 aromatic carbocycles. The van der Waals surface area contributed by atoms with Crippen LogP contribution in [0.3, 0.4) is 0 Å². The summed E-state index contributed by atoms with van der Waals surface area (Å²) in [7, 11) is 0. The van der Waals surface area contributed by atoms with Crippen molar-refractivity contribution in [3.05, 3.63) is 47.3 Å². The molecular weight excluding hydrogens is 381 g/mol. The minimum absolute atomic E-state index is 0.0896. The molecule has 0 bridgehead atoms. The number of fused-ring (bicyclic) bond motifs is 2. The van der Waals surface area contributed by atoms with Gasteiger partial charge in [0.1, 0.15) is 17.5 Å². The standard InChI is InChI=1S/C27H35F3/c1-2-3-4-5-6-7-18-8-9-20-13-21(11-10-19(20)12-18)22-14-23-15-24(28)17-26(30)27(23)25(29)16-22/h14-21H,2-13H2,1H3. The summed E-state index contributed by atoms with van der Waals surface area (Å²) in [5.74, 6) is 0.724. The van der Waals surface area contributed by atoms with Crippen LogP contribution in [0.5, 0.6) is 0 Å². The Morgan fingerprint density at radius 3 is 2.33 bits per heavy atom. The molecule has 2 fully saturated rings. The maximum absolute atomic E-state index is 14.6. The number of rotatable bonds is 7. The molecule has 0 N–H and O–H groups in total. The molecule has 0 saturated heterocycles. The number of halogens is 3. The predicted octanol–water partition coefficient (Wildman–Crippen LogP) is 8.92. The zero-order valence-corrected chi connectivity index (χ0v) is 18.2. The Labute approximate surface area is 179 Å². The van der Waals surface area contributed by atoms with Crippen molar-refractivity contribution in [3.63, 3.8) is 0 Å². The van der Waals surface area contributed by atoms with E-state index < -0.39 is 17.5 Å². The van der Waals surface area contributed by atoms with Crippen molar-refractivity contribution in [1.29, 1.82) is 0 Å². The van der Waals surface area contributed by atoms with E-state index >= 15 is 0 Å². The third-order valence-corrected chi connectivity index (χ3v) is 7.85. The highest BCUT2D eigenvalue weighted by Crippen LogP contribution is 2.48. The first-order valence-electron chi connectivity index (χ1n) is 12.1. The summed E-state index contributed by atoms with van der Waals surface area (Å²) in [5.41, 5.74) is 0.918. The van der Waals surface area contributed by atoms with Gasteiger partial charge in [-0.2, -0.15) is 0 Å². The van der Waals surface area contributed by atoms with E-state index in [-0.39, 0.29) is 5.39 Å². The van der Waals surface area contributed by atoms with E-state index in [0.29, 0.717) is 11.3 Å². The summed E-state index contributed by atoms with van der Waals surface area (Å²) in [6.07, 6.45) is 15.6. The summed E-state index contributed by atoms with van der Waals surface area (Å²) < 4.78 is 42.3. The molecule has 4 unspecified atom stereocenters. The van der Waals surface area contributed by atoms with Crippen LogP contribution in [0, 0.1) is 35.2 Å². The smallest absolute Gasteiger partial charge is 0.136 e. The zero-order chi connectivity index (χ0) is 21.1. The molecule has 2 saturated carbocycles. The van der Waals surface area contributed by atoms with E-state index in [2.05, 4.69) is 6.92 Å². The van der Waals surface area contributed by atoms with Gasteiger partial charge in [-0.15, -0.1) is 0 Å². The Balaban J connectivity index is 1.37. The fourth-order valence-corrected chi connectivity index (χ4v) is 6.22.